The summed E-state index contributed by atoms with van der Waals surface area (Å²) in [6, 6.07) is 9.78. The zero-order valence-corrected chi connectivity index (χ0v) is 17.0. The molecule has 2 aromatic rings. The zero-order valence-electron chi connectivity index (χ0n) is 16.2. The van der Waals surface area contributed by atoms with Crippen molar-refractivity contribution in [2.75, 3.05) is 18.0 Å². The van der Waals surface area contributed by atoms with E-state index in [0.717, 1.165) is 0 Å². The summed E-state index contributed by atoms with van der Waals surface area (Å²) in [6.45, 7) is 8.38. The molecule has 0 heterocycles. The molecule has 0 radical (unpaired) electrons. The molecule has 2 rings (SSSR count). The summed E-state index contributed by atoms with van der Waals surface area (Å²) in [7, 11) is -0.379. The molecule has 0 saturated carbocycles. The second-order valence-electron chi connectivity index (χ2n) is 5.85. The van der Waals surface area contributed by atoms with Crippen LogP contribution in [0.25, 0.3) is 0 Å². The molecule has 2 aromatic carbocycles. The van der Waals surface area contributed by atoms with Crippen molar-refractivity contribution in [3.8, 4) is 5.75 Å². The van der Waals surface area contributed by atoms with Crippen LogP contribution in [0.15, 0.2) is 47.4 Å². The van der Waals surface area contributed by atoms with Crippen molar-refractivity contribution in [3.63, 3.8) is 0 Å². The first-order valence-corrected chi connectivity index (χ1v) is 9.80. The van der Waals surface area contributed by atoms with Crippen molar-refractivity contribution >= 4 is 22.6 Å². The third-order valence-electron chi connectivity index (χ3n) is 3.42. The SMILES string of the molecule is CC.COC(=O)c1cc(N(CC(C)C)S(=O)c2ccc(F)cc2)ccc1O. The van der Waals surface area contributed by atoms with E-state index in [-0.39, 0.29) is 17.2 Å². The number of phenols is 1. The molecule has 0 bridgehead atoms. The number of benzene rings is 2. The van der Waals surface area contributed by atoms with Gasteiger partial charge in [-0.3, -0.25) is 4.31 Å². The second-order valence-corrected chi connectivity index (χ2v) is 7.26. The molecule has 1 N–H and O–H groups in total. The Morgan fingerprint density at radius 1 is 1.19 bits per heavy atom. The van der Waals surface area contributed by atoms with Gasteiger partial charge in [0.15, 0.2) is 11.0 Å². The Kier molecular flexibility index (Phi) is 8.94. The van der Waals surface area contributed by atoms with Crippen LogP contribution in [-0.4, -0.2) is 28.9 Å². The Morgan fingerprint density at radius 2 is 1.78 bits per heavy atom. The first-order chi connectivity index (χ1) is 12.8. The fraction of sp³-hybridized carbons (Fsp3) is 0.350. The van der Waals surface area contributed by atoms with Crippen molar-refractivity contribution in [1.82, 2.24) is 0 Å². The molecule has 0 aliphatic carbocycles. The van der Waals surface area contributed by atoms with Crippen molar-refractivity contribution in [2.24, 2.45) is 5.92 Å². The van der Waals surface area contributed by atoms with Gasteiger partial charge < -0.3 is 9.84 Å². The molecule has 1 atom stereocenters. The number of anilines is 1. The summed E-state index contributed by atoms with van der Waals surface area (Å²) < 4.78 is 32.3. The highest BCUT2D eigenvalue weighted by Crippen LogP contribution is 2.28. The Morgan fingerprint density at radius 3 is 2.30 bits per heavy atom. The van der Waals surface area contributed by atoms with Gasteiger partial charge in [-0.1, -0.05) is 27.7 Å². The first kappa shape index (κ1) is 22.6. The van der Waals surface area contributed by atoms with E-state index in [0.29, 0.717) is 17.1 Å². The zero-order chi connectivity index (χ0) is 20.6. The van der Waals surface area contributed by atoms with Gasteiger partial charge in [0.1, 0.15) is 17.1 Å². The summed E-state index contributed by atoms with van der Waals surface area (Å²) >= 11 is 0. The van der Waals surface area contributed by atoms with E-state index in [1.807, 2.05) is 27.7 Å². The molecule has 0 saturated heterocycles. The summed E-state index contributed by atoms with van der Waals surface area (Å²) in [4.78, 5) is 12.2. The van der Waals surface area contributed by atoms with Crippen molar-refractivity contribution in [1.29, 1.82) is 0 Å². The number of halogens is 1. The van der Waals surface area contributed by atoms with E-state index >= 15 is 0 Å². The fourth-order valence-electron chi connectivity index (χ4n) is 2.23. The average molecular weight is 395 g/mol. The minimum atomic E-state index is -1.60. The molecule has 0 spiro atoms. The molecule has 0 aromatic heterocycles. The van der Waals surface area contributed by atoms with Crippen LogP contribution in [0.4, 0.5) is 10.1 Å². The summed E-state index contributed by atoms with van der Waals surface area (Å²) in [6.07, 6.45) is 0. The molecule has 0 aliphatic heterocycles. The normalized spacial score (nSPS) is 11.4. The Labute approximate surface area is 162 Å². The lowest BCUT2D eigenvalue weighted by atomic mass is 10.1. The number of hydrogen-bond acceptors (Lipinski definition) is 4. The predicted molar refractivity (Wildman–Crippen MR) is 106 cm³/mol. The lowest BCUT2D eigenvalue weighted by Crippen LogP contribution is -2.30. The average Bonchev–Trinajstić information content (AvgIpc) is 2.67. The van der Waals surface area contributed by atoms with Gasteiger partial charge >= 0.3 is 5.97 Å². The maximum atomic E-state index is 13.1. The Hall–Kier alpha value is -2.41. The van der Waals surface area contributed by atoms with Gasteiger partial charge in [-0.15, -0.1) is 0 Å². The van der Waals surface area contributed by atoms with E-state index in [4.69, 9.17) is 0 Å². The van der Waals surface area contributed by atoms with E-state index in [9.17, 15) is 18.5 Å². The van der Waals surface area contributed by atoms with Gasteiger partial charge in [-0.05, 0) is 48.4 Å². The molecule has 1 unspecified atom stereocenters. The number of methoxy groups -OCH3 is 1. The quantitative estimate of drug-likeness (QED) is 0.730. The molecular weight excluding hydrogens is 369 g/mol. The number of esters is 1. The standard InChI is InChI=1S/C18H20FNO4S.C2H6/c1-12(2)11-20(25(23)15-7-4-13(19)5-8-15)14-6-9-17(21)16(10-14)18(22)24-3;1-2/h4-10,12,21H,11H2,1-3H3;1-2H3. The number of carbonyl (C=O) groups is 1. The van der Waals surface area contributed by atoms with Gasteiger partial charge in [0, 0.05) is 6.54 Å². The summed E-state index contributed by atoms with van der Waals surface area (Å²) in [5.74, 6) is -1.13. The molecule has 5 nitrogen and oxygen atoms in total. The molecule has 148 valence electrons. The van der Waals surface area contributed by atoms with E-state index in [2.05, 4.69) is 4.74 Å². The summed E-state index contributed by atoms with van der Waals surface area (Å²) in [5, 5.41) is 9.85. The number of aromatic hydroxyl groups is 1. The summed E-state index contributed by atoms with van der Waals surface area (Å²) in [5.41, 5.74) is 0.486. The number of rotatable bonds is 6. The minimum Gasteiger partial charge on any atom is -0.507 e. The maximum Gasteiger partial charge on any atom is 0.341 e. The minimum absolute atomic E-state index is 0.00939. The van der Waals surface area contributed by atoms with Crippen LogP contribution in [0.5, 0.6) is 5.75 Å². The third-order valence-corrected chi connectivity index (χ3v) is 4.86. The highest BCUT2D eigenvalue weighted by atomic mass is 32.2. The monoisotopic (exact) mass is 395 g/mol. The van der Waals surface area contributed by atoms with E-state index in [1.54, 1.807) is 10.4 Å². The molecule has 0 amide bonds. The van der Waals surface area contributed by atoms with Crippen molar-refractivity contribution in [2.45, 2.75) is 32.6 Å². The molecule has 7 heteroatoms. The van der Waals surface area contributed by atoms with Gasteiger partial charge in [-0.2, -0.15) is 0 Å². The lowest BCUT2D eigenvalue weighted by Gasteiger charge is -2.26. The Balaban J connectivity index is 0.00000176. The van der Waals surface area contributed by atoms with E-state index in [1.165, 1.54) is 43.5 Å². The van der Waals surface area contributed by atoms with Crippen LogP contribution in [0.1, 0.15) is 38.1 Å². The van der Waals surface area contributed by atoms with Crippen LogP contribution in [-0.2, 0) is 15.7 Å². The lowest BCUT2D eigenvalue weighted by molar-refractivity contribution is 0.0597. The smallest absolute Gasteiger partial charge is 0.341 e. The van der Waals surface area contributed by atoms with Crippen LogP contribution >= 0.6 is 0 Å². The van der Waals surface area contributed by atoms with Crippen molar-refractivity contribution < 1.29 is 23.2 Å². The largest absolute Gasteiger partial charge is 0.507 e. The van der Waals surface area contributed by atoms with Crippen molar-refractivity contribution in [3.05, 3.63) is 53.8 Å². The number of phenolic OH excluding ortho intramolecular Hbond substituents is 1. The van der Waals surface area contributed by atoms with Crippen LogP contribution in [0.2, 0.25) is 0 Å². The number of ether oxygens (including phenoxy) is 1. The molecule has 0 fully saturated rings. The maximum absolute atomic E-state index is 13.1. The molecule has 27 heavy (non-hydrogen) atoms. The van der Waals surface area contributed by atoms with Gasteiger partial charge in [0.2, 0.25) is 0 Å². The number of carbonyl (C=O) groups excluding carboxylic acids is 1. The highest BCUT2D eigenvalue weighted by molar-refractivity contribution is 7.86. The number of hydrogen-bond donors (Lipinski definition) is 1. The van der Waals surface area contributed by atoms with Crippen LogP contribution in [0.3, 0.4) is 0 Å². The second kappa shape index (κ2) is 10.7. The van der Waals surface area contributed by atoms with Crippen LogP contribution in [0, 0.1) is 11.7 Å². The fourth-order valence-corrected chi connectivity index (χ4v) is 3.59. The highest BCUT2D eigenvalue weighted by Gasteiger charge is 2.21. The molecule has 0 aliphatic rings. The van der Waals surface area contributed by atoms with Gasteiger partial charge in [0.25, 0.3) is 0 Å². The predicted octanol–water partition coefficient (Wildman–Crippen LogP) is 4.53. The van der Waals surface area contributed by atoms with Gasteiger partial charge in [0.05, 0.1) is 17.7 Å². The third kappa shape index (κ3) is 6.06. The van der Waals surface area contributed by atoms with Crippen LogP contribution < -0.4 is 4.31 Å². The van der Waals surface area contributed by atoms with E-state index < -0.39 is 22.8 Å². The van der Waals surface area contributed by atoms with Gasteiger partial charge in [-0.25, -0.2) is 13.4 Å². The topological polar surface area (TPSA) is 66.8 Å². The molecular formula is C20H26FNO4S. The number of nitrogens with zero attached hydrogens (tertiary/aromatic N) is 1. The first-order valence-electron chi connectivity index (χ1n) is 8.69. The Bertz CT molecular complexity index is 778.